The molecule has 33 heavy (non-hydrogen) atoms. The second-order valence-corrected chi connectivity index (χ2v) is 10.2. The van der Waals surface area contributed by atoms with Crippen molar-refractivity contribution < 1.29 is 0 Å². The van der Waals surface area contributed by atoms with Gasteiger partial charge in [0.15, 0.2) is 0 Å². The number of allylic oxidation sites excluding steroid dienone is 2. The minimum atomic E-state index is 0.0210. The van der Waals surface area contributed by atoms with Crippen LogP contribution in [-0.2, 0) is 5.41 Å². The van der Waals surface area contributed by atoms with Crippen LogP contribution >= 0.6 is 0 Å². The fourth-order valence-corrected chi connectivity index (χ4v) is 6.62. The number of likely N-dealkylation sites (N-methyl/N-ethyl adjacent to an activating group) is 1. The summed E-state index contributed by atoms with van der Waals surface area (Å²) < 4.78 is 0. The maximum atomic E-state index is 2.49. The van der Waals surface area contributed by atoms with Crippen LogP contribution in [-0.4, -0.2) is 13.1 Å². The van der Waals surface area contributed by atoms with Crippen molar-refractivity contribution in [3.63, 3.8) is 0 Å². The fourth-order valence-electron chi connectivity index (χ4n) is 6.62. The van der Waals surface area contributed by atoms with Crippen LogP contribution in [0, 0.1) is 0 Å². The van der Waals surface area contributed by atoms with E-state index in [1.54, 1.807) is 0 Å². The number of hydrogen-bond acceptors (Lipinski definition) is 1. The lowest BCUT2D eigenvalue weighted by Crippen LogP contribution is -2.32. The Morgan fingerprint density at radius 3 is 2.48 bits per heavy atom. The van der Waals surface area contributed by atoms with E-state index in [1.807, 2.05) is 0 Å². The molecule has 1 heterocycles. The second kappa shape index (κ2) is 6.48. The van der Waals surface area contributed by atoms with Crippen molar-refractivity contribution in [1.29, 1.82) is 0 Å². The van der Waals surface area contributed by atoms with Crippen molar-refractivity contribution in [1.82, 2.24) is 0 Å². The highest BCUT2D eigenvalue weighted by Crippen LogP contribution is 2.52. The molecule has 0 N–H and O–H groups in total. The van der Waals surface area contributed by atoms with E-state index in [0.29, 0.717) is 12.0 Å². The molecule has 3 aliphatic rings. The van der Waals surface area contributed by atoms with Gasteiger partial charge in [-0.05, 0) is 61.9 Å². The molecule has 0 amide bonds. The third kappa shape index (κ3) is 2.43. The van der Waals surface area contributed by atoms with E-state index < -0.39 is 0 Å². The summed E-state index contributed by atoms with van der Waals surface area (Å²) in [5.41, 5.74) is 11.3. The first kappa shape index (κ1) is 18.9. The van der Waals surface area contributed by atoms with Gasteiger partial charge >= 0.3 is 0 Å². The van der Waals surface area contributed by atoms with Gasteiger partial charge in [-0.15, -0.1) is 0 Å². The first-order valence-electron chi connectivity index (χ1n) is 11.9. The molecule has 4 aromatic carbocycles. The van der Waals surface area contributed by atoms with Crippen LogP contribution in [0.15, 0.2) is 97.1 Å². The largest absolute Gasteiger partial charge is 0.366 e. The maximum absolute atomic E-state index is 2.49. The van der Waals surface area contributed by atoms with Crippen molar-refractivity contribution >= 4 is 22.0 Å². The summed E-state index contributed by atoms with van der Waals surface area (Å²) in [7, 11) is 2.26. The Kier molecular flexibility index (Phi) is 3.72. The average Bonchev–Trinajstić information content (AvgIpc) is 3.28. The molecule has 0 fully saturated rings. The summed E-state index contributed by atoms with van der Waals surface area (Å²) in [6.45, 7) is 4.73. The first-order valence-corrected chi connectivity index (χ1v) is 11.9. The van der Waals surface area contributed by atoms with Crippen LogP contribution in [0.2, 0.25) is 0 Å². The van der Waals surface area contributed by atoms with Gasteiger partial charge in [-0.2, -0.15) is 0 Å². The number of fused-ring (bicyclic) bond motifs is 8. The smallest absolute Gasteiger partial charge is 0.0649 e. The topological polar surface area (TPSA) is 3.24 Å². The molecule has 1 heteroatoms. The molecule has 0 radical (unpaired) electrons. The van der Waals surface area contributed by atoms with Crippen molar-refractivity contribution in [2.24, 2.45) is 0 Å². The highest BCUT2D eigenvalue weighted by atomic mass is 15.2. The summed E-state index contributed by atoms with van der Waals surface area (Å²) in [5, 5.41) is 2.71. The molecule has 0 saturated heterocycles. The number of hydrogen-bond donors (Lipinski definition) is 0. The molecule has 7 rings (SSSR count). The highest BCUT2D eigenvalue weighted by molar-refractivity contribution is 5.96. The minimum Gasteiger partial charge on any atom is -0.366 e. The van der Waals surface area contributed by atoms with Gasteiger partial charge in [0, 0.05) is 24.1 Å². The number of benzene rings is 4. The van der Waals surface area contributed by atoms with Gasteiger partial charge in [0.1, 0.15) is 0 Å². The van der Waals surface area contributed by atoms with Gasteiger partial charge in [0.2, 0.25) is 0 Å². The van der Waals surface area contributed by atoms with E-state index >= 15 is 0 Å². The van der Waals surface area contributed by atoms with E-state index in [9.17, 15) is 0 Å². The van der Waals surface area contributed by atoms with E-state index in [1.165, 1.54) is 55.4 Å². The van der Waals surface area contributed by atoms with Gasteiger partial charge in [0.25, 0.3) is 0 Å². The highest BCUT2D eigenvalue weighted by Gasteiger charge is 2.41. The van der Waals surface area contributed by atoms with Gasteiger partial charge in [-0.1, -0.05) is 98.8 Å². The standard InChI is InChI=1S/C32H27N/c1-32(2)27-14-7-6-11-24(27)25-17-15-21(19-28(25)32)23-12-8-13-26-30-22-10-5-4-9-20(22)16-18-29(30)33(3)31(23)26/h4-19,26,31H,1-3H3. The predicted octanol–water partition coefficient (Wildman–Crippen LogP) is 7.70. The lowest BCUT2D eigenvalue weighted by Gasteiger charge is -2.31. The molecule has 2 aliphatic carbocycles. The quantitative estimate of drug-likeness (QED) is 0.302. The van der Waals surface area contributed by atoms with E-state index in [2.05, 4.69) is 123 Å². The Bertz CT molecular complexity index is 1520. The van der Waals surface area contributed by atoms with E-state index in [0.717, 1.165) is 0 Å². The zero-order valence-corrected chi connectivity index (χ0v) is 19.3. The lowest BCUT2D eigenvalue weighted by molar-refractivity contribution is 0.659. The Labute approximate surface area is 195 Å². The molecule has 1 nitrogen and oxygen atoms in total. The van der Waals surface area contributed by atoms with Crippen molar-refractivity contribution in [3.05, 3.63) is 119 Å². The Morgan fingerprint density at radius 2 is 1.58 bits per heavy atom. The zero-order chi connectivity index (χ0) is 22.3. The average molecular weight is 426 g/mol. The van der Waals surface area contributed by atoms with E-state index in [-0.39, 0.29) is 5.41 Å². The number of nitrogens with zero attached hydrogens (tertiary/aromatic N) is 1. The second-order valence-electron chi connectivity index (χ2n) is 10.2. The molecule has 2 unspecified atom stereocenters. The molecular weight excluding hydrogens is 398 g/mol. The number of anilines is 1. The summed E-state index contributed by atoms with van der Waals surface area (Å²) in [6.07, 6.45) is 7.01. The van der Waals surface area contributed by atoms with Crippen LogP contribution in [0.3, 0.4) is 0 Å². The number of rotatable bonds is 1. The van der Waals surface area contributed by atoms with Gasteiger partial charge in [0.05, 0.1) is 6.04 Å². The zero-order valence-electron chi connectivity index (χ0n) is 19.3. The van der Waals surface area contributed by atoms with Gasteiger partial charge in [-0.3, -0.25) is 0 Å². The van der Waals surface area contributed by atoms with Crippen LogP contribution in [0.4, 0.5) is 5.69 Å². The molecule has 1 aliphatic heterocycles. The van der Waals surface area contributed by atoms with E-state index in [4.69, 9.17) is 0 Å². The molecule has 0 spiro atoms. The maximum Gasteiger partial charge on any atom is 0.0649 e. The fraction of sp³-hybridized carbons (Fsp3) is 0.188. The monoisotopic (exact) mass is 425 g/mol. The first-order chi connectivity index (χ1) is 16.1. The molecule has 0 saturated carbocycles. The van der Waals surface area contributed by atoms with Crippen LogP contribution < -0.4 is 4.90 Å². The molecular formula is C32H27N. The SMILES string of the molecule is CN1c2ccc3ccccc3c2C2C=CC=C(c3ccc4c(c3)C(C)(C)c3ccccc3-4)C21. The van der Waals surface area contributed by atoms with Gasteiger partial charge < -0.3 is 4.90 Å². The third-order valence-electron chi connectivity index (χ3n) is 8.25. The van der Waals surface area contributed by atoms with Crippen molar-refractivity contribution in [2.75, 3.05) is 11.9 Å². The summed E-state index contributed by atoms with van der Waals surface area (Å²) in [5.74, 6) is 0.370. The Morgan fingerprint density at radius 1 is 0.788 bits per heavy atom. The Balaban J connectivity index is 1.37. The molecule has 4 aromatic rings. The lowest BCUT2D eigenvalue weighted by atomic mass is 9.79. The van der Waals surface area contributed by atoms with Crippen molar-refractivity contribution in [3.8, 4) is 11.1 Å². The summed E-state index contributed by atoms with van der Waals surface area (Å²) in [6, 6.07) is 29.8. The van der Waals surface area contributed by atoms with Crippen molar-refractivity contribution in [2.45, 2.75) is 31.2 Å². The van der Waals surface area contributed by atoms with Crippen LogP contribution in [0.1, 0.15) is 42.0 Å². The molecule has 2 atom stereocenters. The van der Waals surface area contributed by atoms with Crippen LogP contribution in [0.5, 0.6) is 0 Å². The van der Waals surface area contributed by atoms with Gasteiger partial charge in [-0.25, -0.2) is 0 Å². The predicted molar refractivity (Wildman–Crippen MR) is 140 cm³/mol. The molecule has 0 bridgehead atoms. The Hall–Kier alpha value is -3.58. The molecule has 160 valence electrons. The third-order valence-corrected chi connectivity index (χ3v) is 8.25. The summed E-state index contributed by atoms with van der Waals surface area (Å²) in [4.78, 5) is 2.49. The minimum absolute atomic E-state index is 0.0210. The van der Waals surface area contributed by atoms with Crippen LogP contribution in [0.25, 0.3) is 27.5 Å². The normalized spacial score (nSPS) is 21.4. The summed E-state index contributed by atoms with van der Waals surface area (Å²) >= 11 is 0. The molecule has 0 aromatic heterocycles.